The predicted molar refractivity (Wildman–Crippen MR) is 91.6 cm³/mol. The molecule has 0 bridgehead atoms. The van der Waals surface area contributed by atoms with Crippen LogP contribution in [0.5, 0.6) is 0 Å². The van der Waals surface area contributed by atoms with Gasteiger partial charge in [0.15, 0.2) is 5.76 Å². The Morgan fingerprint density at radius 3 is 2.68 bits per heavy atom. The average Bonchev–Trinajstić information content (AvgIpc) is 3.22. The quantitative estimate of drug-likeness (QED) is 0.621. The molecule has 0 saturated carbocycles. The molecule has 0 aliphatic rings. The molecule has 25 heavy (non-hydrogen) atoms. The third kappa shape index (κ3) is 3.89. The molecule has 0 unspecified atom stereocenters. The van der Waals surface area contributed by atoms with Crippen LogP contribution in [-0.4, -0.2) is 31.6 Å². The van der Waals surface area contributed by atoms with Crippen LogP contribution < -0.4 is 10.0 Å². The normalized spacial score (nSPS) is 11.6. The maximum absolute atomic E-state index is 12.5. The summed E-state index contributed by atoms with van der Waals surface area (Å²) in [7, 11) is -3.68. The first-order chi connectivity index (χ1) is 12.0. The number of aryl methyl sites for hydroxylation is 2. The van der Waals surface area contributed by atoms with Crippen molar-refractivity contribution in [3.8, 4) is 11.5 Å². The first-order valence-corrected chi connectivity index (χ1v) is 9.11. The molecule has 3 aromatic rings. The number of hydrogen-bond acceptors (Lipinski definition) is 7. The minimum atomic E-state index is -3.68. The van der Waals surface area contributed by atoms with Gasteiger partial charge in [0.2, 0.25) is 15.8 Å². The summed E-state index contributed by atoms with van der Waals surface area (Å²) in [6, 6.07) is 4.87. The molecule has 3 heterocycles. The molecule has 0 aliphatic carbocycles. The van der Waals surface area contributed by atoms with Crippen molar-refractivity contribution in [2.24, 2.45) is 0 Å². The molecule has 3 aromatic heterocycles. The van der Waals surface area contributed by atoms with Gasteiger partial charge in [0.25, 0.3) is 0 Å². The molecule has 132 valence electrons. The maximum atomic E-state index is 12.5. The Morgan fingerprint density at radius 2 is 1.96 bits per heavy atom. The molecule has 8 nitrogen and oxygen atoms in total. The molecule has 3 rings (SSSR count). The Morgan fingerprint density at radius 1 is 1.12 bits per heavy atom. The van der Waals surface area contributed by atoms with E-state index in [0.717, 1.165) is 11.3 Å². The number of sulfonamides is 1. The van der Waals surface area contributed by atoms with Gasteiger partial charge in [0.05, 0.1) is 6.20 Å². The Kier molecular flexibility index (Phi) is 4.86. The van der Waals surface area contributed by atoms with Gasteiger partial charge in [-0.05, 0) is 25.5 Å². The lowest BCUT2D eigenvalue weighted by Crippen LogP contribution is -2.29. The molecule has 0 amide bonds. The Balaban J connectivity index is 1.63. The van der Waals surface area contributed by atoms with E-state index in [4.69, 9.17) is 8.94 Å². The van der Waals surface area contributed by atoms with Crippen LogP contribution >= 0.6 is 0 Å². The smallest absolute Gasteiger partial charge is 0.244 e. The van der Waals surface area contributed by atoms with E-state index in [0.29, 0.717) is 18.1 Å². The zero-order valence-electron chi connectivity index (χ0n) is 13.8. The van der Waals surface area contributed by atoms with E-state index in [2.05, 4.69) is 20.2 Å². The second-order valence-electron chi connectivity index (χ2n) is 5.42. The highest BCUT2D eigenvalue weighted by molar-refractivity contribution is 7.89. The lowest BCUT2D eigenvalue weighted by atomic mass is 10.2. The number of anilines is 1. The standard InChI is InChI=1S/C16H18N4O4S/c1-11-10-17-5-3-13(11)18-7-8-20-25(21,22)16-9-15(23-12(16)2)14-4-6-19-24-14/h3-6,9-10,20H,7-8H2,1-2H3,(H,17,18). The number of nitrogens with zero attached hydrogens (tertiary/aromatic N) is 2. The highest BCUT2D eigenvalue weighted by atomic mass is 32.2. The fourth-order valence-corrected chi connectivity index (χ4v) is 3.54. The van der Waals surface area contributed by atoms with E-state index in [1.165, 1.54) is 12.3 Å². The van der Waals surface area contributed by atoms with E-state index >= 15 is 0 Å². The number of nitrogens with one attached hydrogen (secondary N) is 2. The largest absolute Gasteiger partial charge is 0.457 e. The van der Waals surface area contributed by atoms with E-state index < -0.39 is 10.0 Å². The van der Waals surface area contributed by atoms with Crippen molar-refractivity contribution in [2.75, 3.05) is 18.4 Å². The summed E-state index contributed by atoms with van der Waals surface area (Å²) in [5.41, 5.74) is 1.91. The van der Waals surface area contributed by atoms with Crippen LogP contribution in [0.2, 0.25) is 0 Å². The molecular weight excluding hydrogens is 344 g/mol. The zero-order valence-corrected chi connectivity index (χ0v) is 14.6. The lowest BCUT2D eigenvalue weighted by Gasteiger charge is -2.09. The highest BCUT2D eigenvalue weighted by Crippen LogP contribution is 2.27. The Bertz CT molecular complexity index is 948. The molecule has 0 radical (unpaired) electrons. The molecule has 0 aliphatic heterocycles. The Hall–Kier alpha value is -2.65. The first-order valence-electron chi connectivity index (χ1n) is 7.63. The third-order valence-electron chi connectivity index (χ3n) is 3.60. The van der Waals surface area contributed by atoms with Gasteiger partial charge in [-0.15, -0.1) is 0 Å². The monoisotopic (exact) mass is 362 g/mol. The van der Waals surface area contributed by atoms with Crippen molar-refractivity contribution in [3.63, 3.8) is 0 Å². The van der Waals surface area contributed by atoms with E-state index in [9.17, 15) is 8.42 Å². The van der Waals surface area contributed by atoms with E-state index in [1.54, 1.807) is 25.4 Å². The molecule has 0 saturated heterocycles. The molecule has 0 fully saturated rings. The minimum Gasteiger partial charge on any atom is -0.457 e. The topological polar surface area (TPSA) is 110 Å². The summed E-state index contributed by atoms with van der Waals surface area (Å²) in [6.07, 6.45) is 4.89. The van der Waals surface area contributed by atoms with Crippen molar-refractivity contribution in [3.05, 3.63) is 48.1 Å². The molecular formula is C16H18N4O4S. The molecule has 0 spiro atoms. The van der Waals surface area contributed by atoms with Crippen molar-refractivity contribution in [1.29, 1.82) is 0 Å². The Labute approximate surface area is 145 Å². The average molecular weight is 362 g/mol. The van der Waals surface area contributed by atoms with Crippen molar-refractivity contribution in [1.82, 2.24) is 14.9 Å². The van der Waals surface area contributed by atoms with Crippen molar-refractivity contribution < 1.29 is 17.4 Å². The summed E-state index contributed by atoms with van der Waals surface area (Å²) in [6.45, 7) is 4.19. The third-order valence-corrected chi connectivity index (χ3v) is 5.16. The number of rotatable bonds is 7. The van der Waals surface area contributed by atoms with Crippen LogP contribution in [0.1, 0.15) is 11.3 Å². The van der Waals surface area contributed by atoms with Crippen molar-refractivity contribution in [2.45, 2.75) is 18.7 Å². The van der Waals surface area contributed by atoms with Crippen molar-refractivity contribution >= 4 is 15.7 Å². The van der Waals surface area contributed by atoms with Crippen LogP contribution in [0, 0.1) is 13.8 Å². The summed E-state index contributed by atoms with van der Waals surface area (Å²) in [5, 5.41) is 6.75. The summed E-state index contributed by atoms with van der Waals surface area (Å²) < 4.78 is 37.9. The van der Waals surface area contributed by atoms with Crippen LogP contribution in [-0.2, 0) is 10.0 Å². The molecule has 0 aromatic carbocycles. The summed E-state index contributed by atoms with van der Waals surface area (Å²) in [5.74, 6) is 0.983. The molecule has 0 atom stereocenters. The van der Waals surface area contributed by atoms with Gasteiger partial charge in [-0.3, -0.25) is 4.98 Å². The second-order valence-corrected chi connectivity index (χ2v) is 7.16. The number of aromatic nitrogens is 2. The van der Waals surface area contributed by atoms with Gasteiger partial charge in [-0.25, -0.2) is 13.1 Å². The molecule has 9 heteroatoms. The van der Waals surface area contributed by atoms with Crippen LogP contribution in [0.25, 0.3) is 11.5 Å². The molecule has 2 N–H and O–H groups in total. The maximum Gasteiger partial charge on any atom is 0.244 e. The number of furan rings is 1. The zero-order chi connectivity index (χ0) is 17.9. The fourth-order valence-electron chi connectivity index (χ4n) is 2.33. The van der Waals surface area contributed by atoms with E-state index in [1.807, 2.05) is 13.0 Å². The van der Waals surface area contributed by atoms with Gasteiger partial charge >= 0.3 is 0 Å². The minimum absolute atomic E-state index is 0.0824. The predicted octanol–water partition coefficient (Wildman–Crippen LogP) is 2.34. The lowest BCUT2D eigenvalue weighted by molar-refractivity contribution is 0.414. The second kappa shape index (κ2) is 7.08. The summed E-state index contributed by atoms with van der Waals surface area (Å²) >= 11 is 0. The van der Waals surface area contributed by atoms with E-state index in [-0.39, 0.29) is 17.2 Å². The van der Waals surface area contributed by atoms with Gasteiger partial charge in [-0.1, -0.05) is 5.16 Å². The SMILES string of the molecule is Cc1cnccc1NCCNS(=O)(=O)c1cc(-c2ccno2)oc1C. The number of hydrogen-bond donors (Lipinski definition) is 2. The fraction of sp³-hybridized carbons (Fsp3) is 0.250. The van der Waals surface area contributed by atoms with Gasteiger partial charge in [-0.2, -0.15) is 0 Å². The summed E-state index contributed by atoms with van der Waals surface area (Å²) in [4.78, 5) is 4.09. The highest BCUT2D eigenvalue weighted by Gasteiger charge is 2.22. The van der Waals surface area contributed by atoms with Crippen LogP contribution in [0.4, 0.5) is 5.69 Å². The van der Waals surface area contributed by atoms with Gasteiger partial charge in [0, 0.05) is 43.3 Å². The van der Waals surface area contributed by atoms with Crippen LogP contribution in [0.3, 0.4) is 0 Å². The van der Waals surface area contributed by atoms with Crippen LogP contribution in [0.15, 0.2) is 50.6 Å². The first kappa shape index (κ1) is 17.2. The van der Waals surface area contributed by atoms with Gasteiger partial charge < -0.3 is 14.3 Å². The van der Waals surface area contributed by atoms with Gasteiger partial charge in [0.1, 0.15) is 10.7 Å². The number of pyridine rings is 1.